The molecule has 1 aromatic heterocycles. The van der Waals surface area contributed by atoms with Crippen LogP contribution in [0.1, 0.15) is 25.1 Å². The molecule has 6 heteroatoms. The molecule has 0 radical (unpaired) electrons. The summed E-state index contributed by atoms with van der Waals surface area (Å²) in [6.07, 6.45) is 3.47. The zero-order chi connectivity index (χ0) is 10.9. The SMILES string of the molecule is COCCCCCNCc1nnn(C)n1. The van der Waals surface area contributed by atoms with E-state index in [1.54, 1.807) is 14.2 Å². The highest BCUT2D eigenvalue weighted by molar-refractivity contribution is 4.74. The molecule has 0 unspecified atom stereocenters. The molecule has 0 atom stereocenters. The summed E-state index contributed by atoms with van der Waals surface area (Å²) in [4.78, 5) is 1.47. The van der Waals surface area contributed by atoms with Crippen LogP contribution < -0.4 is 5.32 Å². The molecular weight excluding hydrogens is 194 g/mol. The molecule has 0 aliphatic rings. The number of rotatable bonds is 8. The summed E-state index contributed by atoms with van der Waals surface area (Å²) in [5, 5.41) is 15.0. The van der Waals surface area contributed by atoms with Crippen molar-refractivity contribution in [2.75, 3.05) is 20.3 Å². The van der Waals surface area contributed by atoms with Crippen molar-refractivity contribution in [1.82, 2.24) is 25.5 Å². The number of hydrogen-bond donors (Lipinski definition) is 1. The lowest BCUT2D eigenvalue weighted by Gasteiger charge is -2.01. The molecule has 0 spiro atoms. The average molecular weight is 213 g/mol. The molecule has 1 rings (SSSR count). The molecule has 0 saturated carbocycles. The summed E-state index contributed by atoms with van der Waals surface area (Å²) in [5.74, 6) is 0.745. The van der Waals surface area contributed by atoms with E-state index in [1.165, 1.54) is 11.2 Å². The lowest BCUT2D eigenvalue weighted by Crippen LogP contribution is -2.16. The first-order valence-corrected chi connectivity index (χ1v) is 5.25. The molecule has 1 aromatic rings. The van der Waals surface area contributed by atoms with Gasteiger partial charge in [0, 0.05) is 13.7 Å². The van der Waals surface area contributed by atoms with Crippen LogP contribution >= 0.6 is 0 Å². The molecule has 0 amide bonds. The Labute approximate surface area is 90.0 Å². The van der Waals surface area contributed by atoms with Crippen LogP contribution in [0.15, 0.2) is 0 Å². The quantitative estimate of drug-likeness (QED) is 0.621. The maximum Gasteiger partial charge on any atom is 0.188 e. The van der Waals surface area contributed by atoms with Gasteiger partial charge in [0.05, 0.1) is 13.6 Å². The number of aromatic nitrogens is 4. The van der Waals surface area contributed by atoms with Gasteiger partial charge in [-0.05, 0) is 31.0 Å². The van der Waals surface area contributed by atoms with Crippen molar-refractivity contribution in [3.63, 3.8) is 0 Å². The third kappa shape index (κ3) is 5.44. The second-order valence-electron chi connectivity index (χ2n) is 3.43. The topological polar surface area (TPSA) is 64.9 Å². The fraction of sp³-hybridized carbons (Fsp3) is 0.889. The molecule has 15 heavy (non-hydrogen) atoms. The minimum atomic E-state index is 0.693. The first kappa shape index (κ1) is 12.1. The molecule has 0 aliphatic carbocycles. The van der Waals surface area contributed by atoms with E-state index in [2.05, 4.69) is 20.7 Å². The van der Waals surface area contributed by atoms with Crippen molar-refractivity contribution in [3.05, 3.63) is 5.82 Å². The summed E-state index contributed by atoms with van der Waals surface area (Å²) >= 11 is 0. The van der Waals surface area contributed by atoms with Crippen molar-refractivity contribution >= 4 is 0 Å². The largest absolute Gasteiger partial charge is 0.385 e. The molecule has 1 N–H and O–H groups in total. The Hall–Kier alpha value is -1.01. The van der Waals surface area contributed by atoms with Gasteiger partial charge in [0.1, 0.15) is 0 Å². The van der Waals surface area contributed by atoms with E-state index < -0.39 is 0 Å². The summed E-state index contributed by atoms with van der Waals surface area (Å²) in [6, 6.07) is 0. The van der Waals surface area contributed by atoms with E-state index in [1.807, 2.05) is 0 Å². The molecule has 86 valence electrons. The highest BCUT2D eigenvalue weighted by Crippen LogP contribution is 1.94. The van der Waals surface area contributed by atoms with Gasteiger partial charge in [0.25, 0.3) is 0 Å². The number of nitrogens with one attached hydrogen (secondary N) is 1. The lowest BCUT2D eigenvalue weighted by atomic mass is 10.2. The molecule has 0 fully saturated rings. The van der Waals surface area contributed by atoms with Gasteiger partial charge < -0.3 is 10.1 Å². The monoisotopic (exact) mass is 213 g/mol. The molecule has 0 saturated heterocycles. The second-order valence-corrected chi connectivity index (χ2v) is 3.43. The van der Waals surface area contributed by atoms with Crippen LogP contribution in [-0.2, 0) is 18.3 Å². The predicted molar refractivity (Wildman–Crippen MR) is 56.2 cm³/mol. The van der Waals surface area contributed by atoms with Crippen LogP contribution in [0.2, 0.25) is 0 Å². The number of tetrazole rings is 1. The maximum atomic E-state index is 4.97. The number of nitrogens with zero attached hydrogens (tertiary/aromatic N) is 4. The van der Waals surface area contributed by atoms with Crippen molar-refractivity contribution < 1.29 is 4.74 Å². The van der Waals surface area contributed by atoms with Crippen molar-refractivity contribution in [3.8, 4) is 0 Å². The van der Waals surface area contributed by atoms with Crippen molar-refractivity contribution in [2.24, 2.45) is 7.05 Å². The minimum Gasteiger partial charge on any atom is -0.385 e. The third-order valence-electron chi connectivity index (χ3n) is 2.03. The fourth-order valence-corrected chi connectivity index (χ4v) is 1.27. The maximum absolute atomic E-state index is 4.97. The third-order valence-corrected chi connectivity index (χ3v) is 2.03. The van der Waals surface area contributed by atoms with E-state index in [-0.39, 0.29) is 0 Å². The summed E-state index contributed by atoms with van der Waals surface area (Å²) in [7, 11) is 3.50. The molecule has 6 nitrogen and oxygen atoms in total. The van der Waals surface area contributed by atoms with E-state index in [4.69, 9.17) is 4.74 Å². The zero-order valence-electron chi connectivity index (χ0n) is 9.44. The van der Waals surface area contributed by atoms with Crippen molar-refractivity contribution in [1.29, 1.82) is 0 Å². The minimum absolute atomic E-state index is 0.693. The molecular formula is C9H19N5O. The van der Waals surface area contributed by atoms with Crippen LogP contribution in [0.5, 0.6) is 0 Å². The average Bonchev–Trinajstić information content (AvgIpc) is 2.63. The summed E-state index contributed by atoms with van der Waals surface area (Å²) in [5.41, 5.74) is 0. The summed E-state index contributed by atoms with van der Waals surface area (Å²) in [6.45, 7) is 2.53. The van der Waals surface area contributed by atoms with Gasteiger partial charge in [-0.1, -0.05) is 0 Å². The number of ether oxygens (including phenoxy) is 1. The molecule has 1 heterocycles. The van der Waals surface area contributed by atoms with Crippen LogP contribution in [0, 0.1) is 0 Å². The van der Waals surface area contributed by atoms with E-state index in [9.17, 15) is 0 Å². The van der Waals surface area contributed by atoms with E-state index in [0.717, 1.165) is 31.8 Å². The highest BCUT2D eigenvalue weighted by Gasteiger charge is 1.98. The Morgan fingerprint density at radius 1 is 1.33 bits per heavy atom. The smallest absolute Gasteiger partial charge is 0.188 e. The van der Waals surface area contributed by atoms with Crippen LogP contribution in [0.25, 0.3) is 0 Å². The Morgan fingerprint density at radius 3 is 2.87 bits per heavy atom. The van der Waals surface area contributed by atoms with Crippen LogP contribution in [0.3, 0.4) is 0 Å². The fourth-order valence-electron chi connectivity index (χ4n) is 1.27. The number of methoxy groups -OCH3 is 1. The Bertz CT molecular complexity index is 263. The second kappa shape index (κ2) is 7.30. The molecule has 0 aliphatic heterocycles. The number of unbranched alkanes of at least 4 members (excludes halogenated alkanes) is 2. The van der Waals surface area contributed by atoms with Crippen LogP contribution in [0.4, 0.5) is 0 Å². The first-order chi connectivity index (χ1) is 7.33. The number of hydrogen-bond acceptors (Lipinski definition) is 5. The molecule has 0 bridgehead atoms. The Balaban J connectivity index is 1.93. The van der Waals surface area contributed by atoms with Crippen molar-refractivity contribution in [2.45, 2.75) is 25.8 Å². The molecule has 0 aromatic carbocycles. The zero-order valence-corrected chi connectivity index (χ0v) is 9.44. The van der Waals surface area contributed by atoms with Gasteiger partial charge in [-0.2, -0.15) is 4.80 Å². The number of aryl methyl sites for hydroxylation is 1. The van der Waals surface area contributed by atoms with Gasteiger partial charge in [-0.25, -0.2) is 0 Å². The van der Waals surface area contributed by atoms with Gasteiger partial charge in [-0.15, -0.1) is 10.2 Å². The highest BCUT2D eigenvalue weighted by atomic mass is 16.5. The Morgan fingerprint density at radius 2 is 2.20 bits per heavy atom. The van der Waals surface area contributed by atoms with Gasteiger partial charge in [0.2, 0.25) is 0 Å². The standard InChI is InChI=1S/C9H19N5O/c1-14-12-9(11-13-14)8-10-6-4-3-5-7-15-2/h10H,3-8H2,1-2H3. The van der Waals surface area contributed by atoms with E-state index >= 15 is 0 Å². The van der Waals surface area contributed by atoms with Gasteiger partial charge in [0.15, 0.2) is 5.82 Å². The van der Waals surface area contributed by atoms with E-state index in [0.29, 0.717) is 6.54 Å². The lowest BCUT2D eigenvalue weighted by molar-refractivity contribution is 0.192. The summed E-state index contributed by atoms with van der Waals surface area (Å²) < 4.78 is 4.97. The predicted octanol–water partition coefficient (Wildman–Crippen LogP) is 0.116. The normalized spacial score (nSPS) is 10.8. The van der Waals surface area contributed by atoms with Gasteiger partial charge >= 0.3 is 0 Å². The van der Waals surface area contributed by atoms with Gasteiger partial charge in [-0.3, -0.25) is 0 Å². The first-order valence-electron chi connectivity index (χ1n) is 5.25. The van der Waals surface area contributed by atoms with Crippen LogP contribution in [-0.4, -0.2) is 40.5 Å². The Kier molecular flexibility index (Phi) is 5.87.